The van der Waals surface area contributed by atoms with Crippen molar-refractivity contribution in [2.24, 2.45) is 11.8 Å². The van der Waals surface area contributed by atoms with E-state index >= 15 is 0 Å². The third kappa shape index (κ3) is 4.15. The van der Waals surface area contributed by atoms with Gasteiger partial charge in [-0.2, -0.15) is 5.10 Å². The van der Waals surface area contributed by atoms with E-state index in [2.05, 4.69) is 17.3 Å². The van der Waals surface area contributed by atoms with Gasteiger partial charge in [-0.3, -0.25) is 4.68 Å². The second-order valence-electron chi connectivity index (χ2n) is 5.27. The van der Waals surface area contributed by atoms with Gasteiger partial charge in [0.2, 0.25) is 0 Å². The van der Waals surface area contributed by atoms with E-state index in [0.717, 1.165) is 24.9 Å². The highest BCUT2D eigenvalue weighted by atomic mass is 15.3. The van der Waals surface area contributed by atoms with Crippen molar-refractivity contribution in [2.45, 2.75) is 45.6 Å². The molecule has 0 spiro atoms. The highest BCUT2D eigenvalue weighted by molar-refractivity contribution is 4.78. The lowest BCUT2D eigenvalue weighted by molar-refractivity contribution is 0.262. The van der Waals surface area contributed by atoms with Gasteiger partial charge in [-0.15, -0.1) is 0 Å². The number of rotatable bonds is 6. The van der Waals surface area contributed by atoms with Crippen LogP contribution in [0.3, 0.4) is 0 Å². The summed E-state index contributed by atoms with van der Waals surface area (Å²) in [6.07, 6.45) is 11.0. The molecule has 0 atom stereocenters. The fourth-order valence-electron chi connectivity index (χ4n) is 2.78. The van der Waals surface area contributed by atoms with Gasteiger partial charge in [0.1, 0.15) is 0 Å². The molecule has 1 aliphatic carbocycles. The minimum Gasteiger partial charge on any atom is -0.315 e. The van der Waals surface area contributed by atoms with Crippen LogP contribution < -0.4 is 5.32 Å². The van der Waals surface area contributed by atoms with Crippen LogP contribution in [0.1, 0.15) is 39.0 Å². The molecule has 1 saturated carbocycles. The first-order valence-electron chi connectivity index (χ1n) is 7.06. The van der Waals surface area contributed by atoms with Crippen LogP contribution in [0.25, 0.3) is 0 Å². The molecule has 96 valence electrons. The first-order valence-corrected chi connectivity index (χ1v) is 7.06. The van der Waals surface area contributed by atoms with E-state index in [9.17, 15) is 0 Å². The molecule has 0 radical (unpaired) electrons. The Labute approximate surface area is 105 Å². The number of hydrogen-bond acceptors (Lipinski definition) is 2. The average Bonchev–Trinajstić information content (AvgIpc) is 2.88. The highest BCUT2D eigenvalue weighted by Crippen LogP contribution is 2.29. The van der Waals surface area contributed by atoms with Gasteiger partial charge in [-0.25, -0.2) is 0 Å². The summed E-state index contributed by atoms with van der Waals surface area (Å²) in [7, 11) is 0. The van der Waals surface area contributed by atoms with Crippen LogP contribution in [0.2, 0.25) is 0 Å². The Morgan fingerprint density at radius 3 is 2.65 bits per heavy atom. The maximum absolute atomic E-state index is 4.20. The summed E-state index contributed by atoms with van der Waals surface area (Å²) in [4.78, 5) is 0. The van der Waals surface area contributed by atoms with Crippen molar-refractivity contribution in [3.8, 4) is 0 Å². The monoisotopic (exact) mass is 235 g/mol. The lowest BCUT2D eigenvalue weighted by Gasteiger charge is -2.27. The lowest BCUT2D eigenvalue weighted by atomic mass is 9.81. The molecule has 0 unspecified atom stereocenters. The third-order valence-electron chi connectivity index (χ3n) is 4.05. The molecule has 3 heteroatoms. The van der Waals surface area contributed by atoms with Crippen LogP contribution in [0.15, 0.2) is 18.5 Å². The topological polar surface area (TPSA) is 29.9 Å². The van der Waals surface area contributed by atoms with Gasteiger partial charge in [0, 0.05) is 18.9 Å². The maximum atomic E-state index is 4.20. The van der Waals surface area contributed by atoms with E-state index in [4.69, 9.17) is 0 Å². The molecule has 0 aliphatic heterocycles. The second kappa shape index (κ2) is 6.80. The summed E-state index contributed by atoms with van der Waals surface area (Å²) < 4.78 is 1.99. The zero-order chi connectivity index (χ0) is 11.9. The Morgan fingerprint density at radius 2 is 2.00 bits per heavy atom. The Bertz CT molecular complexity index is 286. The SMILES string of the molecule is CCC1CCC(CNCCn2cccn2)CC1. The van der Waals surface area contributed by atoms with Crippen LogP contribution in [-0.4, -0.2) is 22.9 Å². The van der Waals surface area contributed by atoms with Crippen molar-refractivity contribution in [2.75, 3.05) is 13.1 Å². The molecule has 3 nitrogen and oxygen atoms in total. The molecule has 1 aromatic rings. The molecule has 1 aliphatic rings. The minimum absolute atomic E-state index is 0.912. The summed E-state index contributed by atoms with van der Waals surface area (Å²) >= 11 is 0. The molecule has 0 saturated heterocycles. The van der Waals surface area contributed by atoms with Gasteiger partial charge in [-0.1, -0.05) is 26.2 Å². The summed E-state index contributed by atoms with van der Waals surface area (Å²) in [5.41, 5.74) is 0. The average molecular weight is 235 g/mol. The molecule has 2 rings (SSSR count). The van der Waals surface area contributed by atoms with E-state index in [1.807, 2.05) is 23.1 Å². The molecular weight excluding hydrogens is 210 g/mol. The number of hydrogen-bond donors (Lipinski definition) is 1. The predicted octanol–water partition coefficient (Wildman–Crippen LogP) is 2.69. The quantitative estimate of drug-likeness (QED) is 0.768. The molecule has 1 fully saturated rings. The number of aromatic nitrogens is 2. The van der Waals surface area contributed by atoms with Crippen LogP contribution in [0.4, 0.5) is 0 Å². The standard InChI is InChI=1S/C14H25N3/c1-2-13-4-6-14(7-5-13)12-15-9-11-17-10-3-8-16-17/h3,8,10,13-15H,2,4-7,9,11-12H2,1H3. The molecule has 0 amide bonds. The van der Waals surface area contributed by atoms with E-state index in [1.165, 1.54) is 38.6 Å². The molecule has 1 heterocycles. The highest BCUT2D eigenvalue weighted by Gasteiger charge is 2.19. The van der Waals surface area contributed by atoms with Crippen LogP contribution in [0.5, 0.6) is 0 Å². The lowest BCUT2D eigenvalue weighted by Crippen LogP contribution is -2.28. The van der Waals surface area contributed by atoms with Gasteiger partial charge >= 0.3 is 0 Å². The molecule has 0 bridgehead atoms. The van der Waals surface area contributed by atoms with Crippen molar-refractivity contribution in [3.63, 3.8) is 0 Å². The molecule has 1 N–H and O–H groups in total. The minimum atomic E-state index is 0.912. The third-order valence-corrected chi connectivity index (χ3v) is 4.05. The second-order valence-corrected chi connectivity index (χ2v) is 5.27. The zero-order valence-corrected chi connectivity index (χ0v) is 10.9. The van der Waals surface area contributed by atoms with Crippen LogP contribution >= 0.6 is 0 Å². The van der Waals surface area contributed by atoms with Crippen molar-refractivity contribution < 1.29 is 0 Å². The fourth-order valence-corrected chi connectivity index (χ4v) is 2.78. The van der Waals surface area contributed by atoms with Crippen molar-refractivity contribution in [1.82, 2.24) is 15.1 Å². The van der Waals surface area contributed by atoms with Gasteiger partial charge < -0.3 is 5.32 Å². The summed E-state index contributed by atoms with van der Waals surface area (Å²) in [5, 5.41) is 7.76. The molecule has 17 heavy (non-hydrogen) atoms. The van der Waals surface area contributed by atoms with E-state index in [1.54, 1.807) is 0 Å². The van der Waals surface area contributed by atoms with E-state index < -0.39 is 0 Å². The first kappa shape index (κ1) is 12.6. The number of nitrogens with one attached hydrogen (secondary N) is 1. The predicted molar refractivity (Wildman–Crippen MR) is 70.8 cm³/mol. The van der Waals surface area contributed by atoms with Crippen LogP contribution in [-0.2, 0) is 6.54 Å². The summed E-state index contributed by atoms with van der Waals surface area (Å²) in [6, 6.07) is 1.98. The summed E-state index contributed by atoms with van der Waals surface area (Å²) in [5.74, 6) is 1.92. The molecule has 0 aromatic carbocycles. The largest absolute Gasteiger partial charge is 0.315 e. The van der Waals surface area contributed by atoms with Gasteiger partial charge in [0.05, 0.1) is 6.54 Å². The van der Waals surface area contributed by atoms with Gasteiger partial charge in [0.15, 0.2) is 0 Å². The Morgan fingerprint density at radius 1 is 1.24 bits per heavy atom. The summed E-state index contributed by atoms with van der Waals surface area (Å²) in [6.45, 7) is 5.54. The van der Waals surface area contributed by atoms with Crippen molar-refractivity contribution in [3.05, 3.63) is 18.5 Å². The molecular formula is C14H25N3. The Hall–Kier alpha value is -0.830. The fraction of sp³-hybridized carbons (Fsp3) is 0.786. The van der Waals surface area contributed by atoms with E-state index in [0.29, 0.717) is 0 Å². The first-order chi connectivity index (χ1) is 8.38. The number of nitrogens with zero attached hydrogens (tertiary/aromatic N) is 2. The van der Waals surface area contributed by atoms with Crippen molar-refractivity contribution in [1.29, 1.82) is 0 Å². The van der Waals surface area contributed by atoms with Gasteiger partial charge in [-0.05, 0) is 37.3 Å². The Balaban J connectivity index is 1.54. The zero-order valence-electron chi connectivity index (χ0n) is 10.9. The normalized spacial score (nSPS) is 25.0. The Kier molecular flexibility index (Phi) is 5.05. The van der Waals surface area contributed by atoms with Gasteiger partial charge in [0.25, 0.3) is 0 Å². The smallest absolute Gasteiger partial charge is 0.0533 e. The van der Waals surface area contributed by atoms with Crippen LogP contribution in [0, 0.1) is 11.8 Å². The maximum Gasteiger partial charge on any atom is 0.0533 e. The molecule has 1 aromatic heterocycles. The van der Waals surface area contributed by atoms with Crippen molar-refractivity contribution >= 4 is 0 Å². The van der Waals surface area contributed by atoms with E-state index in [-0.39, 0.29) is 0 Å².